The van der Waals surface area contributed by atoms with Gasteiger partial charge >= 0.3 is 12.1 Å². The Kier molecular flexibility index (Phi) is 5.15. The minimum Gasteiger partial charge on any atom is -0.469 e. The van der Waals surface area contributed by atoms with Crippen LogP contribution in [0.2, 0.25) is 10.0 Å². The molecule has 0 spiro atoms. The zero-order chi connectivity index (χ0) is 20.0. The van der Waals surface area contributed by atoms with Crippen molar-refractivity contribution in [2.75, 3.05) is 20.2 Å². The van der Waals surface area contributed by atoms with E-state index in [0.717, 1.165) is 18.4 Å². The second-order valence-corrected chi connectivity index (χ2v) is 9.39. The second-order valence-electron chi connectivity index (χ2n) is 8.57. The van der Waals surface area contributed by atoms with E-state index in [2.05, 4.69) is 0 Å². The predicted octanol–water partition coefficient (Wildman–Crippen LogP) is 4.83. The van der Waals surface area contributed by atoms with Crippen molar-refractivity contribution in [1.82, 2.24) is 4.90 Å². The number of rotatable bonds is 3. The molecule has 2 aliphatic rings. The van der Waals surface area contributed by atoms with Crippen LogP contribution in [0.1, 0.15) is 45.6 Å². The number of methoxy groups -OCH3 is 1. The van der Waals surface area contributed by atoms with E-state index < -0.39 is 5.60 Å². The normalized spacial score (nSPS) is 27.0. The van der Waals surface area contributed by atoms with Crippen molar-refractivity contribution >= 4 is 35.3 Å². The number of hydrogen-bond acceptors (Lipinski definition) is 4. The number of likely N-dealkylation sites (tertiary alicyclic amines) is 1. The van der Waals surface area contributed by atoms with E-state index in [1.54, 1.807) is 11.0 Å². The Labute approximate surface area is 169 Å². The first-order valence-electron chi connectivity index (χ1n) is 9.02. The molecule has 7 heteroatoms. The molecule has 1 amide bonds. The lowest BCUT2D eigenvalue weighted by Gasteiger charge is -2.38. The van der Waals surface area contributed by atoms with E-state index in [1.165, 1.54) is 7.11 Å². The Morgan fingerprint density at radius 3 is 2.52 bits per heavy atom. The summed E-state index contributed by atoms with van der Waals surface area (Å²) in [7, 11) is 1.39. The minimum atomic E-state index is -0.561. The van der Waals surface area contributed by atoms with Crippen molar-refractivity contribution in [2.45, 2.75) is 51.0 Å². The highest BCUT2D eigenvalue weighted by Crippen LogP contribution is 2.70. The van der Waals surface area contributed by atoms with E-state index in [-0.39, 0.29) is 29.3 Å². The Morgan fingerprint density at radius 1 is 1.22 bits per heavy atom. The smallest absolute Gasteiger partial charge is 0.410 e. The lowest BCUT2D eigenvalue weighted by Crippen LogP contribution is -2.47. The van der Waals surface area contributed by atoms with Crippen molar-refractivity contribution in [1.29, 1.82) is 0 Å². The number of halogens is 2. The molecular formula is C20H25Cl2NO4. The van der Waals surface area contributed by atoms with E-state index in [0.29, 0.717) is 23.1 Å². The number of nitrogens with zero attached hydrogens (tertiary/aromatic N) is 1. The highest BCUT2D eigenvalue weighted by molar-refractivity contribution is 6.42. The van der Waals surface area contributed by atoms with Crippen molar-refractivity contribution in [3.8, 4) is 0 Å². The molecule has 0 aromatic heterocycles. The summed E-state index contributed by atoms with van der Waals surface area (Å²) < 4.78 is 10.5. The Bertz CT molecular complexity index is 776. The summed E-state index contributed by atoms with van der Waals surface area (Å²) in [6.45, 7) is 6.55. The second kappa shape index (κ2) is 6.85. The van der Waals surface area contributed by atoms with E-state index >= 15 is 0 Å². The molecule has 5 nitrogen and oxygen atoms in total. The summed E-state index contributed by atoms with van der Waals surface area (Å²) in [4.78, 5) is 26.4. The molecule has 1 aromatic rings. The van der Waals surface area contributed by atoms with Gasteiger partial charge in [-0.2, -0.15) is 0 Å². The van der Waals surface area contributed by atoms with Gasteiger partial charge in [0, 0.05) is 23.9 Å². The lowest BCUT2D eigenvalue weighted by atomic mass is 9.78. The monoisotopic (exact) mass is 413 g/mol. The lowest BCUT2D eigenvalue weighted by molar-refractivity contribution is -0.142. The average molecular weight is 414 g/mol. The molecule has 3 rings (SSSR count). The molecule has 2 fully saturated rings. The van der Waals surface area contributed by atoms with Gasteiger partial charge in [-0.25, -0.2) is 4.79 Å². The molecule has 1 heterocycles. The number of ether oxygens (including phenoxy) is 2. The summed E-state index contributed by atoms with van der Waals surface area (Å²) in [5, 5.41) is 0.999. The van der Waals surface area contributed by atoms with Crippen LogP contribution in [0.15, 0.2) is 18.2 Å². The summed E-state index contributed by atoms with van der Waals surface area (Å²) in [5.74, 6) is -0.275. The van der Waals surface area contributed by atoms with Gasteiger partial charge < -0.3 is 14.4 Å². The third-order valence-corrected chi connectivity index (χ3v) is 6.41. The number of carbonyl (C=O) groups is 2. The maximum absolute atomic E-state index is 12.6. The molecule has 1 aliphatic heterocycles. The van der Waals surface area contributed by atoms with Gasteiger partial charge in [-0.05, 0) is 51.3 Å². The number of hydrogen-bond donors (Lipinski definition) is 0. The van der Waals surface area contributed by atoms with Crippen molar-refractivity contribution in [2.24, 2.45) is 5.41 Å². The fraction of sp³-hybridized carbons (Fsp3) is 0.600. The zero-order valence-corrected chi connectivity index (χ0v) is 17.6. The molecule has 27 heavy (non-hydrogen) atoms. The molecule has 0 bridgehead atoms. The van der Waals surface area contributed by atoms with Gasteiger partial charge in [0.1, 0.15) is 5.60 Å². The molecule has 1 saturated carbocycles. The van der Waals surface area contributed by atoms with E-state index in [9.17, 15) is 9.59 Å². The molecule has 2 unspecified atom stereocenters. The SMILES string of the molecule is COC(=O)CC12CN(C(=O)OC(C)(C)C)CCC1(c1ccc(Cl)c(Cl)c1)C2. The van der Waals surface area contributed by atoms with Crippen LogP contribution in [-0.2, 0) is 19.7 Å². The van der Waals surface area contributed by atoms with Gasteiger partial charge in [0.25, 0.3) is 0 Å². The highest BCUT2D eigenvalue weighted by atomic mass is 35.5. The van der Waals surface area contributed by atoms with Crippen LogP contribution in [0.3, 0.4) is 0 Å². The molecule has 1 saturated heterocycles. The van der Waals surface area contributed by atoms with Crippen LogP contribution in [0.5, 0.6) is 0 Å². The first-order chi connectivity index (χ1) is 12.5. The van der Waals surface area contributed by atoms with Gasteiger partial charge in [-0.15, -0.1) is 0 Å². The van der Waals surface area contributed by atoms with Gasteiger partial charge in [-0.1, -0.05) is 29.3 Å². The molecule has 0 radical (unpaired) electrons. The number of carbonyl (C=O) groups excluding carboxylic acids is 2. The number of esters is 1. The number of benzene rings is 1. The Balaban J connectivity index is 1.88. The predicted molar refractivity (Wildman–Crippen MR) is 104 cm³/mol. The quantitative estimate of drug-likeness (QED) is 0.666. The third kappa shape index (κ3) is 3.77. The van der Waals surface area contributed by atoms with Gasteiger partial charge in [0.05, 0.1) is 23.6 Å². The fourth-order valence-electron chi connectivity index (χ4n) is 4.33. The van der Waals surface area contributed by atoms with Crippen LogP contribution in [0, 0.1) is 5.41 Å². The molecule has 1 aromatic carbocycles. The average Bonchev–Trinajstić information content (AvgIpc) is 3.24. The zero-order valence-electron chi connectivity index (χ0n) is 16.1. The van der Waals surface area contributed by atoms with Gasteiger partial charge in [-0.3, -0.25) is 4.79 Å². The highest BCUT2D eigenvalue weighted by Gasteiger charge is 2.70. The maximum Gasteiger partial charge on any atom is 0.410 e. The van der Waals surface area contributed by atoms with E-state index in [4.69, 9.17) is 32.7 Å². The van der Waals surface area contributed by atoms with Crippen LogP contribution in [0.4, 0.5) is 4.79 Å². The number of piperidine rings is 1. The van der Waals surface area contributed by atoms with Crippen LogP contribution >= 0.6 is 23.2 Å². The van der Waals surface area contributed by atoms with Crippen LogP contribution in [-0.4, -0.2) is 42.8 Å². The number of amides is 1. The van der Waals surface area contributed by atoms with Crippen molar-refractivity contribution in [3.05, 3.63) is 33.8 Å². The van der Waals surface area contributed by atoms with Crippen LogP contribution < -0.4 is 0 Å². The summed E-state index contributed by atoms with van der Waals surface area (Å²) in [6, 6.07) is 5.64. The third-order valence-electron chi connectivity index (χ3n) is 5.67. The maximum atomic E-state index is 12.6. The standard InChI is InChI=1S/C20H25Cl2NO4/c1-18(2,3)27-17(25)23-8-7-20(13-5-6-14(21)15(22)9-13)11-19(20,12-23)10-16(24)26-4/h5-6,9H,7-8,10-12H2,1-4H3. The summed E-state index contributed by atoms with van der Waals surface area (Å²) >= 11 is 12.3. The summed E-state index contributed by atoms with van der Waals surface area (Å²) in [5.41, 5.74) is -0.0704. The molecular weight excluding hydrogens is 389 g/mol. The van der Waals surface area contributed by atoms with Gasteiger partial charge in [0.2, 0.25) is 0 Å². The molecule has 2 atom stereocenters. The van der Waals surface area contributed by atoms with E-state index in [1.807, 2.05) is 32.9 Å². The first-order valence-corrected chi connectivity index (χ1v) is 9.78. The molecule has 148 valence electrons. The van der Waals surface area contributed by atoms with Gasteiger partial charge in [0.15, 0.2) is 0 Å². The van der Waals surface area contributed by atoms with Crippen molar-refractivity contribution < 1.29 is 19.1 Å². The molecule has 1 aliphatic carbocycles. The number of fused-ring (bicyclic) bond motifs is 1. The van der Waals surface area contributed by atoms with Crippen molar-refractivity contribution in [3.63, 3.8) is 0 Å². The Hall–Kier alpha value is -1.46. The first kappa shape index (κ1) is 20.3. The summed E-state index contributed by atoms with van der Waals surface area (Å²) in [6.07, 6.45) is 1.44. The topological polar surface area (TPSA) is 55.8 Å². The largest absolute Gasteiger partial charge is 0.469 e. The Morgan fingerprint density at radius 2 is 1.93 bits per heavy atom. The molecule has 0 N–H and O–H groups in total. The van der Waals surface area contributed by atoms with Crippen LogP contribution in [0.25, 0.3) is 0 Å². The minimum absolute atomic E-state index is 0.200. The fourth-order valence-corrected chi connectivity index (χ4v) is 4.63.